The molecule has 4 nitrogen and oxygen atoms in total. The lowest BCUT2D eigenvalue weighted by Crippen LogP contribution is -2.37. The molecule has 0 aliphatic heterocycles. The topological polar surface area (TPSA) is 61.4 Å². The third kappa shape index (κ3) is 4.97. The van der Waals surface area contributed by atoms with Crippen molar-refractivity contribution in [1.82, 2.24) is 10.6 Å². The number of aliphatic hydroxyl groups excluding tert-OH is 1. The van der Waals surface area contributed by atoms with Crippen molar-refractivity contribution in [3.63, 3.8) is 0 Å². The zero-order chi connectivity index (χ0) is 20.8. The summed E-state index contributed by atoms with van der Waals surface area (Å²) in [5.41, 5.74) is 2.94. The summed E-state index contributed by atoms with van der Waals surface area (Å²) in [6, 6.07) is 25.2. The third-order valence-electron chi connectivity index (χ3n) is 4.78. The molecule has 0 spiro atoms. The van der Waals surface area contributed by atoms with Gasteiger partial charge in [0.05, 0.1) is 12.6 Å². The molecule has 30 heavy (non-hydrogen) atoms. The second-order valence-corrected chi connectivity index (χ2v) is 8.82. The molecule has 3 N–H and O–H groups in total. The van der Waals surface area contributed by atoms with Gasteiger partial charge in [-0.15, -0.1) is 11.3 Å². The maximum Gasteiger partial charge on any atom is 0.315 e. The van der Waals surface area contributed by atoms with Crippen molar-refractivity contribution >= 4 is 28.7 Å². The second-order valence-electron chi connectivity index (χ2n) is 6.84. The van der Waals surface area contributed by atoms with Crippen LogP contribution in [0.2, 0.25) is 0 Å². The first-order valence-corrected chi connectivity index (χ1v) is 11.4. The van der Waals surface area contributed by atoms with E-state index in [-0.39, 0.29) is 12.1 Å². The minimum atomic E-state index is -0.621. The Morgan fingerprint density at radius 3 is 2.13 bits per heavy atom. The average molecular weight is 435 g/mol. The van der Waals surface area contributed by atoms with Crippen LogP contribution in [0.3, 0.4) is 0 Å². The maximum absolute atomic E-state index is 12.6. The SMILES string of the molecule is O=C(NCc1ccc(C(O)c2ccsc2)s1)NC(c1ccccc1)c1ccccc1. The minimum absolute atomic E-state index is 0.230. The third-order valence-corrected chi connectivity index (χ3v) is 6.61. The van der Waals surface area contributed by atoms with Crippen molar-refractivity contribution in [3.8, 4) is 0 Å². The summed E-state index contributed by atoms with van der Waals surface area (Å²) >= 11 is 3.07. The van der Waals surface area contributed by atoms with Crippen molar-refractivity contribution in [2.45, 2.75) is 18.7 Å². The molecule has 0 saturated heterocycles. The van der Waals surface area contributed by atoms with Gasteiger partial charge < -0.3 is 15.7 Å². The predicted octanol–water partition coefficient (Wildman–Crippen LogP) is 5.48. The zero-order valence-corrected chi connectivity index (χ0v) is 17.8. The highest BCUT2D eigenvalue weighted by Crippen LogP contribution is 2.29. The van der Waals surface area contributed by atoms with Gasteiger partial charge in [-0.1, -0.05) is 60.7 Å². The van der Waals surface area contributed by atoms with Crippen molar-refractivity contribution in [2.24, 2.45) is 0 Å². The summed E-state index contributed by atoms with van der Waals surface area (Å²) in [5, 5.41) is 20.4. The van der Waals surface area contributed by atoms with Crippen molar-refractivity contribution in [1.29, 1.82) is 0 Å². The van der Waals surface area contributed by atoms with E-state index < -0.39 is 6.10 Å². The number of benzene rings is 2. The Kier molecular flexibility index (Phi) is 6.59. The first kappa shape index (κ1) is 20.3. The van der Waals surface area contributed by atoms with Gasteiger partial charge >= 0.3 is 6.03 Å². The Bertz CT molecular complexity index is 1020. The van der Waals surface area contributed by atoms with Crippen LogP contribution in [0.4, 0.5) is 4.79 Å². The fraction of sp³-hybridized carbons (Fsp3) is 0.125. The molecule has 0 fully saturated rings. The Labute approximate surface area is 183 Å². The molecule has 152 valence electrons. The minimum Gasteiger partial charge on any atom is -0.383 e. The maximum atomic E-state index is 12.6. The van der Waals surface area contributed by atoms with Gasteiger partial charge in [0.1, 0.15) is 6.10 Å². The van der Waals surface area contributed by atoms with Crippen molar-refractivity contribution in [3.05, 3.63) is 116 Å². The van der Waals surface area contributed by atoms with Crippen LogP contribution in [0.25, 0.3) is 0 Å². The van der Waals surface area contributed by atoms with Gasteiger partial charge in [-0.05, 0) is 45.6 Å². The number of carbonyl (C=O) groups is 1. The van der Waals surface area contributed by atoms with E-state index in [4.69, 9.17) is 0 Å². The van der Waals surface area contributed by atoms with E-state index in [1.54, 1.807) is 11.3 Å². The van der Waals surface area contributed by atoms with Crippen molar-refractivity contribution in [2.75, 3.05) is 0 Å². The quantitative estimate of drug-likeness (QED) is 0.361. The smallest absolute Gasteiger partial charge is 0.315 e. The largest absolute Gasteiger partial charge is 0.383 e. The van der Waals surface area contributed by atoms with Gasteiger partial charge in [-0.2, -0.15) is 11.3 Å². The number of aliphatic hydroxyl groups is 1. The lowest BCUT2D eigenvalue weighted by molar-refractivity contribution is 0.224. The van der Waals surface area contributed by atoms with E-state index in [1.807, 2.05) is 89.6 Å². The van der Waals surface area contributed by atoms with E-state index in [9.17, 15) is 9.90 Å². The van der Waals surface area contributed by atoms with Crippen LogP contribution in [0.5, 0.6) is 0 Å². The fourth-order valence-electron chi connectivity index (χ4n) is 3.23. The van der Waals surface area contributed by atoms with E-state index in [0.717, 1.165) is 26.4 Å². The highest BCUT2D eigenvalue weighted by Gasteiger charge is 2.17. The number of thiophene rings is 2. The van der Waals surface area contributed by atoms with Gasteiger partial charge in [0.25, 0.3) is 0 Å². The molecular formula is C24H22N2O2S2. The summed E-state index contributed by atoms with van der Waals surface area (Å²) in [5.74, 6) is 0. The molecule has 1 atom stereocenters. The van der Waals surface area contributed by atoms with Crippen LogP contribution in [0, 0.1) is 0 Å². The molecule has 0 radical (unpaired) electrons. The zero-order valence-electron chi connectivity index (χ0n) is 16.2. The number of amides is 2. The van der Waals surface area contributed by atoms with Gasteiger partial charge in [0.2, 0.25) is 0 Å². The van der Waals surface area contributed by atoms with Gasteiger partial charge in [-0.25, -0.2) is 4.79 Å². The van der Waals surface area contributed by atoms with Gasteiger partial charge in [0.15, 0.2) is 0 Å². The van der Waals surface area contributed by atoms with E-state index >= 15 is 0 Å². The number of hydrogen-bond acceptors (Lipinski definition) is 4. The lowest BCUT2D eigenvalue weighted by atomic mass is 9.99. The lowest BCUT2D eigenvalue weighted by Gasteiger charge is -2.20. The summed E-state index contributed by atoms with van der Waals surface area (Å²) in [6.45, 7) is 0.406. The molecule has 0 aliphatic rings. The molecule has 2 amide bonds. The molecule has 0 bridgehead atoms. The van der Waals surface area contributed by atoms with Gasteiger partial charge in [-0.3, -0.25) is 0 Å². The summed E-state index contributed by atoms with van der Waals surface area (Å²) in [6.07, 6.45) is -0.621. The predicted molar refractivity (Wildman–Crippen MR) is 123 cm³/mol. The van der Waals surface area contributed by atoms with E-state index in [1.165, 1.54) is 11.3 Å². The number of carbonyl (C=O) groups excluding carboxylic acids is 1. The van der Waals surface area contributed by atoms with Crippen LogP contribution >= 0.6 is 22.7 Å². The Balaban J connectivity index is 1.40. The molecule has 0 aliphatic carbocycles. The first-order valence-electron chi connectivity index (χ1n) is 9.64. The summed E-state index contributed by atoms with van der Waals surface area (Å²) in [4.78, 5) is 14.5. The number of rotatable bonds is 7. The average Bonchev–Trinajstić information content (AvgIpc) is 3.49. The monoisotopic (exact) mass is 434 g/mol. The summed E-state index contributed by atoms with van der Waals surface area (Å²) < 4.78 is 0. The van der Waals surface area contributed by atoms with Crippen LogP contribution < -0.4 is 10.6 Å². The second kappa shape index (κ2) is 9.71. The Hall–Kier alpha value is -2.93. The van der Waals surface area contributed by atoms with Crippen molar-refractivity contribution < 1.29 is 9.90 Å². The Morgan fingerprint density at radius 2 is 1.53 bits per heavy atom. The molecule has 1 unspecified atom stereocenters. The molecule has 6 heteroatoms. The molecular weight excluding hydrogens is 412 g/mol. The number of nitrogens with one attached hydrogen (secondary N) is 2. The molecule has 0 saturated carbocycles. The Morgan fingerprint density at radius 1 is 0.867 bits per heavy atom. The molecule has 2 aromatic heterocycles. The summed E-state index contributed by atoms with van der Waals surface area (Å²) in [7, 11) is 0. The van der Waals surface area contributed by atoms with Crippen LogP contribution in [-0.4, -0.2) is 11.1 Å². The van der Waals surface area contributed by atoms with Crippen LogP contribution in [-0.2, 0) is 6.54 Å². The van der Waals surface area contributed by atoms with Crippen LogP contribution in [0.1, 0.15) is 38.6 Å². The fourth-order valence-corrected chi connectivity index (χ4v) is 4.88. The number of hydrogen-bond donors (Lipinski definition) is 3. The first-order chi connectivity index (χ1) is 14.7. The molecule has 4 aromatic rings. The molecule has 2 aromatic carbocycles. The van der Waals surface area contributed by atoms with Crippen LogP contribution in [0.15, 0.2) is 89.6 Å². The highest BCUT2D eigenvalue weighted by molar-refractivity contribution is 7.12. The molecule has 2 heterocycles. The van der Waals surface area contributed by atoms with Gasteiger partial charge in [0, 0.05) is 9.75 Å². The highest BCUT2D eigenvalue weighted by atomic mass is 32.1. The normalized spacial score (nSPS) is 11.9. The standard InChI is InChI=1S/C24H22N2O2S2/c27-23(19-13-14-29-16-19)21-12-11-20(30-21)15-25-24(28)26-22(17-7-3-1-4-8-17)18-9-5-2-6-10-18/h1-14,16,22-23,27H,15H2,(H2,25,26,28). The number of urea groups is 1. The van der Waals surface area contributed by atoms with E-state index in [2.05, 4.69) is 10.6 Å². The van der Waals surface area contributed by atoms with E-state index in [0.29, 0.717) is 6.54 Å². The molecule has 4 rings (SSSR count).